The maximum absolute atomic E-state index is 11.5. The van der Waals surface area contributed by atoms with Gasteiger partial charge in [-0.2, -0.15) is 5.26 Å². The summed E-state index contributed by atoms with van der Waals surface area (Å²) in [5, 5.41) is 8.70. The number of nitriles is 1. The van der Waals surface area contributed by atoms with Crippen molar-refractivity contribution in [1.82, 2.24) is 4.98 Å². The average molecular weight is 187 g/mol. The first-order chi connectivity index (χ1) is 6.81. The second-order valence-corrected chi connectivity index (χ2v) is 3.25. The molecule has 0 N–H and O–H groups in total. The zero-order valence-electron chi connectivity index (χ0n) is 7.55. The Morgan fingerprint density at radius 1 is 1.64 bits per heavy atom. The Morgan fingerprint density at radius 2 is 2.50 bits per heavy atom. The molecule has 1 atom stereocenters. The Kier molecular flexibility index (Phi) is 2.15. The lowest BCUT2D eigenvalue weighted by molar-refractivity contribution is -0.117. The molecule has 4 nitrogen and oxygen atoms in total. The van der Waals surface area contributed by atoms with Gasteiger partial charge in [-0.15, -0.1) is 0 Å². The van der Waals surface area contributed by atoms with Crippen LogP contribution in [0, 0.1) is 17.2 Å². The van der Waals surface area contributed by atoms with E-state index in [2.05, 4.69) is 11.1 Å². The van der Waals surface area contributed by atoms with E-state index >= 15 is 0 Å². The van der Waals surface area contributed by atoms with Crippen molar-refractivity contribution >= 4 is 11.6 Å². The van der Waals surface area contributed by atoms with Crippen LogP contribution in [0.4, 0.5) is 5.69 Å². The molecule has 1 saturated heterocycles. The number of carbonyl (C=O) groups excluding carboxylic acids is 1. The van der Waals surface area contributed by atoms with E-state index in [0.717, 1.165) is 5.69 Å². The number of amides is 1. The van der Waals surface area contributed by atoms with Crippen molar-refractivity contribution in [1.29, 1.82) is 5.26 Å². The Labute approximate surface area is 81.8 Å². The van der Waals surface area contributed by atoms with Gasteiger partial charge in [-0.05, 0) is 12.1 Å². The molecule has 4 heteroatoms. The average Bonchev–Trinajstić information content (AvgIpc) is 2.61. The number of rotatable bonds is 1. The molecule has 1 unspecified atom stereocenters. The smallest absolute Gasteiger partial charge is 0.228 e. The Morgan fingerprint density at radius 3 is 3.07 bits per heavy atom. The molecular formula is C10H9N3O. The van der Waals surface area contributed by atoms with Gasteiger partial charge in [-0.3, -0.25) is 9.78 Å². The normalized spacial score (nSPS) is 20.9. The molecule has 0 spiro atoms. The minimum absolute atomic E-state index is 0.00421. The molecule has 0 bridgehead atoms. The third-order valence-electron chi connectivity index (χ3n) is 2.27. The third kappa shape index (κ3) is 1.44. The molecular weight excluding hydrogens is 178 g/mol. The van der Waals surface area contributed by atoms with Crippen LogP contribution in [0.3, 0.4) is 0 Å². The maximum atomic E-state index is 11.5. The van der Waals surface area contributed by atoms with Gasteiger partial charge in [0.15, 0.2) is 0 Å². The first-order valence-corrected chi connectivity index (χ1v) is 4.41. The summed E-state index contributed by atoms with van der Waals surface area (Å²) < 4.78 is 0. The molecule has 1 aliphatic heterocycles. The monoisotopic (exact) mass is 187 g/mol. The second kappa shape index (κ2) is 3.46. The zero-order chi connectivity index (χ0) is 9.97. The molecule has 2 rings (SSSR count). The van der Waals surface area contributed by atoms with Gasteiger partial charge in [-0.25, -0.2) is 0 Å². The highest BCUT2D eigenvalue weighted by atomic mass is 16.2. The van der Waals surface area contributed by atoms with Crippen LogP contribution in [-0.4, -0.2) is 17.4 Å². The fourth-order valence-corrected chi connectivity index (χ4v) is 1.56. The summed E-state index contributed by atoms with van der Waals surface area (Å²) in [4.78, 5) is 17.0. The van der Waals surface area contributed by atoms with Gasteiger partial charge in [0.05, 0.1) is 23.9 Å². The van der Waals surface area contributed by atoms with E-state index in [-0.39, 0.29) is 11.8 Å². The standard InChI is InChI=1S/C10H9N3O/c11-5-8-4-10(14)13(7-8)9-2-1-3-12-6-9/h1-3,6,8H,4,7H2. The van der Waals surface area contributed by atoms with Crippen LogP contribution in [0.5, 0.6) is 0 Å². The number of pyridine rings is 1. The van der Waals surface area contributed by atoms with Crippen LogP contribution in [0.1, 0.15) is 6.42 Å². The van der Waals surface area contributed by atoms with Crippen molar-refractivity contribution in [2.45, 2.75) is 6.42 Å². The highest BCUT2D eigenvalue weighted by Crippen LogP contribution is 2.23. The minimum atomic E-state index is -0.178. The summed E-state index contributed by atoms with van der Waals surface area (Å²) in [5.41, 5.74) is 0.773. The largest absolute Gasteiger partial charge is 0.310 e. The van der Waals surface area contributed by atoms with E-state index in [1.807, 2.05) is 6.07 Å². The molecule has 0 aliphatic carbocycles. The summed E-state index contributed by atoms with van der Waals surface area (Å²) in [6.07, 6.45) is 3.62. The minimum Gasteiger partial charge on any atom is -0.310 e. The molecule has 2 heterocycles. The second-order valence-electron chi connectivity index (χ2n) is 3.25. The Balaban J connectivity index is 2.22. The van der Waals surface area contributed by atoms with Crippen LogP contribution in [-0.2, 0) is 4.79 Å². The molecule has 1 aromatic rings. The molecule has 0 aromatic carbocycles. The van der Waals surface area contributed by atoms with Crippen LogP contribution in [0.2, 0.25) is 0 Å². The van der Waals surface area contributed by atoms with E-state index in [0.29, 0.717) is 13.0 Å². The van der Waals surface area contributed by atoms with E-state index in [9.17, 15) is 4.79 Å². The van der Waals surface area contributed by atoms with Gasteiger partial charge in [0.1, 0.15) is 0 Å². The summed E-state index contributed by atoms with van der Waals surface area (Å²) in [7, 11) is 0. The number of hydrogen-bond acceptors (Lipinski definition) is 3. The highest BCUT2D eigenvalue weighted by Gasteiger charge is 2.30. The molecule has 1 aliphatic rings. The summed E-state index contributed by atoms with van der Waals surface area (Å²) in [6, 6.07) is 5.72. The van der Waals surface area contributed by atoms with E-state index < -0.39 is 0 Å². The quantitative estimate of drug-likeness (QED) is 0.657. The molecule has 70 valence electrons. The lowest BCUT2D eigenvalue weighted by atomic mass is 10.1. The summed E-state index contributed by atoms with van der Waals surface area (Å²) in [6.45, 7) is 0.487. The molecule has 0 radical (unpaired) electrons. The van der Waals surface area contributed by atoms with E-state index in [4.69, 9.17) is 5.26 Å². The topological polar surface area (TPSA) is 57.0 Å². The number of hydrogen-bond donors (Lipinski definition) is 0. The van der Waals surface area contributed by atoms with Gasteiger partial charge in [0, 0.05) is 19.2 Å². The van der Waals surface area contributed by atoms with Gasteiger partial charge in [0.2, 0.25) is 5.91 Å². The predicted molar refractivity (Wildman–Crippen MR) is 50.3 cm³/mol. The van der Waals surface area contributed by atoms with E-state index in [1.54, 1.807) is 23.4 Å². The van der Waals surface area contributed by atoms with Crippen LogP contribution >= 0.6 is 0 Å². The van der Waals surface area contributed by atoms with Gasteiger partial charge in [-0.1, -0.05) is 0 Å². The third-order valence-corrected chi connectivity index (χ3v) is 2.27. The fourth-order valence-electron chi connectivity index (χ4n) is 1.56. The fraction of sp³-hybridized carbons (Fsp3) is 0.300. The number of nitrogens with zero attached hydrogens (tertiary/aromatic N) is 3. The van der Waals surface area contributed by atoms with E-state index in [1.165, 1.54) is 0 Å². The van der Waals surface area contributed by atoms with Crippen LogP contribution < -0.4 is 4.90 Å². The van der Waals surface area contributed by atoms with Crippen molar-refractivity contribution in [3.8, 4) is 6.07 Å². The Hall–Kier alpha value is -1.89. The zero-order valence-corrected chi connectivity index (χ0v) is 7.55. The molecule has 14 heavy (non-hydrogen) atoms. The number of anilines is 1. The molecule has 1 fully saturated rings. The number of carbonyl (C=O) groups is 1. The van der Waals surface area contributed by atoms with Crippen molar-refractivity contribution < 1.29 is 4.79 Å². The first kappa shape index (κ1) is 8.70. The Bertz CT molecular complexity index is 382. The van der Waals surface area contributed by atoms with Crippen molar-refractivity contribution in [2.75, 3.05) is 11.4 Å². The van der Waals surface area contributed by atoms with Crippen molar-refractivity contribution in [2.24, 2.45) is 5.92 Å². The van der Waals surface area contributed by atoms with Crippen molar-refractivity contribution in [3.63, 3.8) is 0 Å². The first-order valence-electron chi connectivity index (χ1n) is 4.41. The van der Waals surface area contributed by atoms with Gasteiger partial charge < -0.3 is 4.90 Å². The van der Waals surface area contributed by atoms with Crippen LogP contribution in [0.25, 0.3) is 0 Å². The predicted octanol–water partition coefficient (Wildman–Crippen LogP) is 0.958. The lowest BCUT2D eigenvalue weighted by Crippen LogP contribution is -2.24. The summed E-state index contributed by atoms with van der Waals surface area (Å²) in [5.74, 6) is -0.174. The van der Waals surface area contributed by atoms with Gasteiger partial charge in [0.25, 0.3) is 0 Å². The molecule has 0 saturated carbocycles. The van der Waals surface area contributed by atoms with Gasteiger partial charge >= 0.3 is 0 Å². The summed E-state index contributed by atoms with van der Waals surface area (Å²) >= 11 is 0. The SMILES string of the molecule is N#CC1CC(=O)N(c2cccnc2)C1. The number of aromatic nitrogens is 1. The lowest BCUT2D eigenvalue weighted by Gasteiger charge is -2.14. The molecule has 1 aromatic heterocycles. The van der Waals surface area contributed by atoms with Crippen LogP contribution in [0.15, 0.2) is 24.5 Å². The molecule has 1 amide bonds. The maximum Gasteiger partial charge on any atom is 0.228 e. The van der Waals surface area contributed by atoms with Crippen molar-refractivity contribution in [3.05, 3.63) is 24.5 Å². The highest BCUT2D eigenvalue weighted by molar-refractivity contribution is 5.95.